The largest absolute Gasteiger partial charge is 0.0616 e. The molecule has 0 bridgehead atoms. The predicted molar refractivity (Wildman–Crippen MR) is 117 cm³/mol. The fourth-order valence-corrected chi connectivity index (χ4v) is 5.19. The molecule has 6 rings (SSSR count). The summed E-state index contributed by atoms with van der Waals surface area (Å²) in [5.74, 6) is 0. The van der Waals surface area contributed by atoms with Crippen LogP contribution in [0.4, 0.5) is 0 Å². The lowest BCUT2D eigenvalue weighted by molar-refractivity contribution is 0.652. The van der Waals surface area contributed by atoms with Crippen molar-refractivity contribution in [3.05, 3.63) is 96.1 Å². The van der Waals surface area contributed by atoms with Crippen LogP contribution < -0.4 is 0 Å². The van der Waals surface area contributed by atoms with Crippen molar-refractivity contribution in [1.29, 1.82) is 0 Å². The van der Waals surface area contributed by atoms with Crippen molar-refractivity contribution in [2.75, 3.05) is 0 Å². The lowest BCUT2D eigenvalue weighted by Gasteiger charge is -2.36. The van der Waals surface area contributed by atoms with Gasteiger partial charge in [-0.1, -0.05) is 98.8 Å². The average molecular weight is 344 g/mol. The van der Waals surface area contributed by atoms with Gasteiger partial charge in [-0.05, 0) is 54.6 Å². The molecule has 128 valence electrons. The molecule has 27 heavy (non-hydrogen) atoms. The highest BCUT2D eigenvalue weighted by Crippen LogP contribution is 2.51. The molecular weight excluding hydrogens is 324 g/mol. The van der Waals surface area contributed by atoms with Crippen molar-refractivity contribution in [1.82, 2.24) is 0 Å². The van der Waals surface area contributed by atoms with Gasteiger partial charge in [-0.2, -0.15) is 0 Å². The molecule has 0 unspecified atom stereocenters. The summed E-state index contributed by atoms with van der Waals surface area (Å²) in [6, 6.07) is 31.4. The topological polar surface area (TPSA) is 0 Å². The highest BCUT2D eigenvalue weighted by molar-refractivity contribution is 6.14. The molecule has 0 saturated carbocycles. The second-order valence-corrected chi connectivity index (χ2v) is 8.21. The van der Waals surface area contributed by atoms with Crippen molar-refractivity contribution in [2.24, 2.45) is 0 Å². The zero-order valence-electron chi connectivity index (χ0n) is 15.6. The second-order valence-electron chi connectivity index (χ2n) is 8.21. The lowest BCUT2D eigenvalue weighted by atomic mass is 9.67. The Labute approximate surface area is 159 Å². The highest BCUT2D eigenvalue weighted by atomic mass is 14.4. The molecule has 0 N–H and O–H groups in total. The minimum Gasteiger partial charge on any atom is -0.0616 e. The minimum absolute atomic E-state index is 0.0488. The van der Waals surface area contributed by atoms with Crippen LogP contribution in [0.2, 0.25) is 0 Å². The van der Waals surface area contributed by atoms with Crippen LogP contribution in [-0.2, 0) is 5.41 Å². The van der Waals surface area contributed by atoms with Gasteiger partial charge in [0.15, 0.2) is 0 Å². The van der Waals surface area contributed by atoms with Gasteiger partial charge in [0, 0.05) is 5.41 Å². The summed E-state index contributed by atoms with van der Waals surface area (Å²) in [5.41, 5.74) is 5.60. The highest BCUT2D eigenvalue weighted by Gasteiger charge is 2.35. The zero-order chi connectivity index (χ0) is 18.2. The molecule has 0 radical (unpaired) electrons. The first-order chi connectivity index (χ1) is 13.2. The quantitative estimate of drug-likeness (QED) is 0.256. The Morgan fingerprint density at radius 3 is 2.07 bits per heavy atom. The standard InChI is InChI=1S/C27H20/c1-27(2)23-12-6-9-18-8-5-11-21(24(18)23)22-16-15-19-14-13-17-7-3-4-10-20(17)25(19)26(22)27/h3-16H,1-2H3. The molecule has 0 fully saturated rings. The maximum Gasteiger partial charge on any atom is 0.0165 e. The average Bonchev–Trinajstić information content (AvgIpc) is 2.71. The first kappa shape index (κ1) is 15.0. The number of fused-ring (bicyclic) bond motifs is 6. The molecule has 0 amide bonds. The van der Waals surface area contributed by atoms with E-state index in [1.165, 1.54) is 54.6 Å². The van der Waals surface area contributed by atoms with Gasteiger partial charge in [-0.3, -0.25) is 0 Å². The SMILES string of the molecule is CC1(C)c2cccc3cccc(c23)-c2ccc3ccc4ccccc4c3c21. The van der Waals surface area contributed by atoms with Gasteiger partial charge < -0.3 is 0 Å². The maximum atomic E-state index is 2.39. The van der Waals surface area contributed by atoms with E-state index in [1.54, 1.807) is 0 Å². The third-order valence-corrected chi connectivity index (χ3v) is 6.40. The van der Waals surface area contributed by atoms with E-state index in [1.807, 2.05) is 0 Å². The molecule has 1 aliphatic rings. The van der Waals surface area contributed by atoms with Crippen LogP contribution in [0, 0.1) is 0 Å². The van der Waals surface area contributed by atoms with Gasteiger partial charge in [0.05, 0.1) is 0 Å². The Morgan fingerprint density at radius 1 is 0.519 bits per heavy atom. The number of hydrogen-bond acceptors (Lipinski definition) is 0. The van der Waals surface area contributed by atoms with Gasteiger partial charge >= 0.3 is 0 Å². The van der Waals surface area contributed by atoms with Crippen molar-refractivity contribution < 1.29 is 0 Å². The van der Waals surface area contributed by atoms with Crippen molar-refractivity contribution in [2.45, 2.75) is 19.3 Å². The zero-order valence-corrected chi connectivity index (χ0v) is 15.6. The molecule has 0 aliphatic heterocycles. The molecule has 0 saturated heterocycles. The first-order valence-electron chi connectivity index (χ1n) is 9.64. The summed E-state index contributed by atoms with van der Waals surface area (Å²) in [6.45, 7) is 4.77. The van der Waals surface area contributed by atoms with Crippen LogP contribution in [0.3, 0.4) is 0 Å². The summed E-state index contributed by atoms with van der Waals surface area (Å²) in [6.07, 6.45) is 0. The van der Waals surface area contributed by atoms with E-state index in [4.69, 9.17) is 0 Å². The normalized spacial score (nSPS) is 14.6. The fourth-order valence-electron chi connectivity index (χ4n) is 5.19. The van der Waals surface area contributed by atoms with E-state index in [2.05, 4.69) is 98.8 Å². The van der Waals surface area contributed by atoms with Gasteiger partial charge in [-0.15, -0.1) is 0 Å². The van der Waals surface area contributed by atoms with E-state index in [0.717, 1.165) is 0 Å². The van der Waals surface area contributed by atoms with E-state index >= 15 is 0 Å². The smallest absolute Gasteiger partial charge is 0.0165 e. The predicted octanol–water partition coefficient (Wildman–Crippen LogP) is 7.45. The molecule has 0 aromatic heterocycles. The van der Waals surface area contributed by atoms with E-state index in [9.17, 15) is 0 Å². The Balaban J connectivity index is 1.91. The van der Waals surface area contributed by atoms with Gasteiger partial charge in [0.2, 0.25) is 0 Å². The van der Waals surface area contributed by atoms with E-state index in [-0.39, 0.29) is 5.41 Å². The summed E-state index contributed by atoms with van der Waals surface area (Å²) in [4.78, 5) is 0. The molecule has 0 atom stereocenters. The maximum absolute atomic E-state index is 2.39. The van der Waals surface area contributed by atoms with Crippen molar-refractivity contribution >= 4 is 32.3 Å². The fraction of sp³-hybridized carbons (Fsp3) is 0.111. The summed E-state index contributed by atoms with van der Waals surface area (Å²) < 4.78 is 0. The van der Waals surface area contributed by atoms with Crippen LogP contribution in [0.5, 0.6) is 0 Å². The molecule has 5 aromatic rings. The summed E-state index contributed by atoms with van der Waals surface area (Å²) >= 11 is 0. The van der Waals surface area contributed by atoms with Crippen LogP contribution in [0.15, 0.2) is 84.9 Å². The van der Waals surface area contributed by atoms with Crippen molar-refractivity contribution in [3.63, 3.8) is 0 Å². The molecule has 0 heterocycles. The second kappa shape index (κ2) is 4.98. The molecule has 5 aromatic carbocycles. The molecule has 1 aliphatic carbocycles. The Kier molecular flexibility index (Phi) is 2.77. The van der Waals surface area contributed by atoms with E-state index < -0.39 is 0 Å². The Hall–Kier alpha value is -3.12. The summed E-state index contributed by atoms with van der Waals surface area (Å²) in [5, 5.41) is 8.14. The minimum atomic E-state index is -0.0488. The van der Waals surface area contributed by atoms with Gasteiger partial charge in [0.25, 0.3) is 0 Å². The van der Waals surface area contributed by atoms with Crippen LogP contribution in [0.1, 0.15) is 25.0 Å². The molecule has 0 nitrogen and oxygen atoms in total. The van der Waals surface area contributed by atoms with Gasteiger partial charge in [-0.25, -0.2) is 0 Å². The molecular formula is C27H20. The summed E-state index contributed by atoms with van der Waals surface area (Å²) in [7, 11) is 0. The number of hydrogen-bond donors (Lipinski definition) is 0. The van der Waals surface area contributed by atoms with Crippen molar-refractivity contribution in [3.8, 4) is 11.1 Å². The third kappa shape index (κ3) is 1.83. The third-order valence-electron chi connectivity index (χ3n) is 6.40. The first-order valence-corrected chi connectivity index (χ1v) is 9.64. The van der Waals surface area contributed by atoms with Crippen LogP contribution in [-0.4, -0.2) is 0 Å². The Bertz CT molecular complexity index is 1380. The molecule has 0 spiro atoms. The van der Waals surface area contributed by atoms with Crippen LogP contribution in [0.25, 0.3) is 43.4 Å². The number of rotatable bonds is 0. The Morgan fingerprint density at radius 2 is 1.19 bits per heavy atom. The number of benzene rings is 5. The lowest BCUT2D eigenvalue weighted by Crippen LogP contribution is -2.24. The van der Waals surface area contributed by atoms with Crippen LogP contribution >= 0.6 is 0 Å². The molecule has 0 heteroatoms. The van der Waals surface area contributed by atoms with Gasteiger partial charge in [0.1, 0.15) is 0 Å². The van der Waals surface area contributed by atoms with E-state index in [0.29, 0.717) is 0 Å². The monoisotopic (exact) mass is 344 g/mol.